The zero-order chi connectivity index (χ0) is 25.1. The van der Waals surface area contributed by atoms with Crippen molar-refractivity contribution >= 4 is 40.4 Å². The van der Waals surface area contributed by atoms with E-state index in [9.17, 15) is 19.7 Å². The van der Waals surface area contributed by atoms with Crippen molar-refractivity contribution in [1.82, 2.24) is 4.90 Å². The van der Waals surface area contributed by atoms with Crippen LogP contribution in [0.1, 0.15) is 52.0 Å². The van der Waals surface area contributed by atoms with Gasteiger partial charge in [0.25, 0.3) is 5.69 Å². The number of hydrogen-bond donors (Lipinski definition) is 2. The van der Waals surface area contributed by atoms with E-state index in [-0.39, 0.29) is 35.2 Å². The van der Waals surface area contributed by atoms with Crippen LogP contribution in [0.4, 0.5) is 17.1 Å². The first-order valence-electron chi connectivity index (χ1n) is 11.5. The van der Waals surface area contributed by atoms with Gasteiger partial charge >= 0.3 is 5.97 Å². The van der Waals surface area contributed by atoms with Gasteiger partial charge in [0.15, 0.2) is 5.78 Å². The first-order chi connectivity index (χ1) is 16.7. The molecule has 0 aliphatic carbocycles. The van der Waals surface area contributed by atoms with Crippen molar-refractivity contribution in [3.63, 3.8) is 0 Å². The number of esters is 1. The van der Waals surface area contributed by atoms with Crippen molar-refractivity contribution in [2.75, 3.05) is 37.7 Å². The minimum absolute atomic E-state index is 0.0338. The number of ether oxygens (including phenoxy) is 2. The number of ketones is 1. The lowest BCUT2D eigenvalue weighted by atomic mass is 10.0. The molecule has 0 bridgehead atoms. The quantitative estimate of drug-likeness (QED) is 0.181. The van der Waals surface area contributed by atoms with E-state index in [0.29, 0.717) is 60.9 Å². The number of piperidine rings is 1. The third-order valence-electron chi connectivity index (χ3n) is 6.43. The number of hydrogen-bond acceptors (Lipinski definition) is 9. The summed E-state index contributed by atoms with van der Waals surface area (Å²) < 4.78 is 11.3. The van der Waals surface area contributed by atoms with Crippen LogP contribution in [0.25, 0.3) is 0 Å². The topological polar surface area (TPSA) is 151 Å². The lowest BCUT2D eigenvalue weighted by Crippen LogP contribution is -2.38. The van der Waals surface area contributed by atoms with Gasteiger partial charge in [0.05, 0.1) is 22.2 Å². The van der Waals surface area contributed by atoms with E-state index in [1.54, 1.807) is 0 Å². The van der Waals surface area contributed by atoms with Crippen molar-refractivity contribution in [2.24, 2.45) is 0 Å². The lowest BCUT2D eigenvalue weighted by Gasteiger charge is -2.31. The molecule has 35 heavy (non-hydrogen) atoms. The molecule has 0 saturated carbocycles. The van der Waals surface area contributed by atoms with Gasteiger partial charge in [-0.2, -0.15) is 0 Å². The molecular weight excluding hydrogens is 476 g/mol. The molecule has 186 valence electrons. The summed E-state index contributed by atoms with van der Waals surface area (Å²) in [5, 5.41) is 11.3. The summed E-state index contributed by atoms with van der Waals surface area (Å²) in [6.45, 7) is 2.63. The molecule has 4 N–H and O–H groups in total. The van der Waals surface area contributed by atoms with Gasteiger partial charge in [-0.15, -0.1) is 0 Å². The normalized spacial score (nSPS) is 15.9. The van der Waals surface area contributed by atoms with E-state index >= 15 is 0 Å². The molecular formula is C24H27ClN4O6. The van der Waals surface area contributed by atoms with E-state index in [1.165, 1.54) is 24.3 Å². The highest BCUT2D eigenvalue weighted by Gasteiger charge is 2.29. The first kappa shape index (κ1) is 24.7. The van der Waals surface area contributed by atoms with Gasteiger partial charge in [-0.3, -0.25) is 14.9 Å². The third kappa shape index (κ3) is 5.49. The van der Waals surface area contributed by atoms with Crippen LogP contribution < -0.4 is 16.2 Å². The van der Waals surface area contributed by atoms with Crippen LogP contribution in [-0.4, -0.2) is 53.9 Å². The van der Waals surface area contributed by atoms with E-state index < -0.39 is 10.9 Å². The summed E-state index contributed by atoms with van der Waals surface area (Å²) >= 11 is 6.19. The molecule has 2 aliphatic heterocycles. The van der Waals surface area contributed by atoms with Gasteiger partial charge in [-0.25, -0.2) is 4.79 Å². The molecule has 10 nitrogen and oxygen atoms in total. The second-order valence-electron chi connectivity index (χ2n) is 8.73. The van der Waals surface area contributed by atoms with Crippen molar-refractivity contribution < 1.29 is 24.0 Å². The summed E-state index contributed by atoms with van der Waals surface area (Å²) in [5.74, 6) is -0.161. The number of nitro groups is 1. The number of nitrogen functional groups attached to an aromatic ring is 2. The van der Waals surface area contributed by atoms with Crippen molar-refractivity contribution in [3.8, 4) is 5.75 Å². The zero-order valence-corrected chi connectivity index (χ0v) is 19.9. The Bertz CT molecular complexity index is 1160. The number of carbonyl (C=O) groups excluding carboxylic acids is 2. The average molecular weight is 503 g/mol. The number of rotatable bonds is 8. The number of likely N-dealkylation sites (tertiary alicyclic amines) is 1. The van der Waals surface area contributed by atoms with Gasteiger partial charge in [-0.1, -0.05) is 11.6 Å². The molecule has 1 saturated heterocycles. The number of halogens is 1. The van der Waals surface area contributed by atoms with Gasteiger partial charge in [0, 0.05) is 43.1 Å². The summed E-state index contributed by atoms with van der Waals surface area (Å²) in [6, 6.07) is 5.63. The van der Waals surface area contributed by atoms with E-state index in [4.69, 9.17) is 32.5 Å². The second-order valence-corrected chi connectivity index (χ2v) is 9.14. The smallest absolute Gasteiger partial charge is 0.342 e. The van der Waals surface area contributed by atoms with Crippen LogP contribution >= 0.6 is 11.6 Å². The zero-order valence-electron chi connectivity index (χ0n) is 19.1. The molecule has 0 unspecified atom stereocenters. The van der Waals surface area contributed by atoms with Crippen LogP contribution in [0.15, 0.2) is 24.3 Å². The number of carbonyl (C=O) groups is 2. The number of fused-ring (bicyclic) bond motifs is 1. The fourth-order valence-electron chi connectivity index (χ4n) is 4.47. The summed E-state index contributed by atoms with van der Waals surface area (Å²) in [7, 11) is 0. The number of Topliss-reactive ketones (excluding diaryl/α,β-unsaturated/α-hetero) is 1. The molecule has 0 spiro atoms. The molecule has 4 rings (SSSR count). The maximum Gasteiger partial charge on any atom is 0.342 e. The summed E-state index contributed by atoms with van der Waals surface area (Å²) in [4.78, 5) is 37.9. The third-order valence-corrected chi connectivity index (χ3v) is 6.74. The molecule has 0 amide bonds. The maximum absolute atomic E-state index is 12.8. The summed E-state index contributed by atoms with van der Waals surface area (Å²) in [6.07, 6.45) is 2.64. The molecule has 0 radical (unpaired) electrons. The highest BCUT2D eigenvalue weighted by molar-refractivity contribution is 6.33. The molecule has 11 heteroatoms. The van der Waals surface area contributed by atoms with Gasteiger partial charge < -0.3 is 25.8 Å². The van der Waals surface area contributed by atoms with Crippen molar-refractivity contribution in [3.05, 3.63) is 56.1 Å². The van der Waals surface area contributed by atoms with Crippen LogP contribution in [0.5, 0.6) is 5.75 Å². The maximum atomic E-state index is 12.8. The largest absolute Gasteiger partial charge is 0.492 e. The number of nitro benzene ring substituents is 1. The highest BCUT2D eigenvalue weighted by Crippen LogP contribution is 2.39. The summed E-state index contributed by atoms with van der Waals surface area (Å²) in [5.41, 5.74) is 13.1. The Hall–Kier alpha value is -3.37. The molecule has 2 aromatic carbocycles. The molecule has 2 aliphatic rings. The standard InChI is InChI=1S/C24H27ClN4O6/c25-18-13-17(23-16(22(18)27)7-11-34-23)24(31)35-15-5-9-28(10-6-15)8-1-2-21(30)14-3-4-19(26)20(12-14)29(32)33/h3-4,12-13,15H,1-2,5-11,26-27H2. The Balaban J connectivity index is 1.24. The van der Waals surface area contributed by atoms with Crippen molar-refractivity contribution in [2.45, 2.75) is 38.2 Å². The Morgan fingerprint density at radius 1 is 1.23 bits per heavy atom. The first-order valence-corrected chi connectivity index (χ1v) is 11.9. The van der Waals surface area contributed by atoms with Crippen LogP contribution in [0.2, 0.25) is 5.02 Å². The highest BCUT2D eigenvalue weighted by atomic mass is 35.5. The fourth-order valence-corrected chi connectivity index (χ4v) is 4.69. The predicted octanol–water partition coefficient (Wildman–Crippen LogP) is 3.63. The van der Waals surface area contributed by atoms with Gasteiger partial charge in [0.1, 0.15) is 23.1 Å². The number of nitrogens with two attached hydrogens (primary N) is 2. The molecule has 1 fully saturated rings. The van der Waals surface area contributed by atoms with Crippen molar-refractivity contribution in [1.29, 1.82) is 0 Å². The number of nitrogens with zero attached hydrogens (tertiary/aromatic N) is 2. The Morgan fingerprint density at radius 2 is 1.97 bits per heavy atom. The van der Waals surface area contributed by atoms with E-state index in [2.05, 4.69) is 4.90 Å². The SMILES string of the molecule is Nc1ccc(C(=O)CCCN2CCC(OC(=O)c3cc(Cl)c(N)c4c3OCC4)CC2)cc1[N+](=O)[O-]. The molecule has 0 atom stereocenters. The number of anilines is 2. The second kappa shape index (κ2) is 10.5. The van der Waals surface area contributed by atoms with Crippen LogP contribution in [0.3, 0.4) is 0 Å². The molecule has 2 aromatic rings. The Morgan fingerprint density at radius 3 is 2.69 bits per heavy atom. The van der Waals surface area contributed by atoms with E-state index in [0.717, 1.165) is 18.7 Å². The van der Waals surface area contributed by atoms with Gasteiger partial charge in [-0.05, 0) is 44.0 Å². The monoisotopic (exact) mass is 502 g/mol. The fraction of sp³-hybridized carbons (Fsp3) is 0.417. The minimum atomic E-state index is -0.592. The number of benzene rings is 2. The average Bonchev–Trinajstić information content (AvgIpc) is 3.32. The predicted molar refractivity (Wildman–Crippen MR) is 131 cm³/mol. The van der Waals surface area contributed by atoms with E-state index in [1.807, 2.05) is 0 Å². The van der Waals surface area contributed by atoms with Crippen LogP contribution in [0, 0.1) is 10.1 Å². The Kier molecular flexibility index (Phi) is 7.42. The van der Waals surface area contributed by atoms with Gasteiger partial charge in [0.2, 0.25) is 0 Å². The Labute approximate surface area is 207 Å². The molecule has 0 aromatic heterocycles. The molecule has 2 heterocycles. The minimum Gasteiger partial charge on any atom is -0.492 e. The van der Waals surface area contributed by atoms with Crippen LogP contribution in [-0.2, 0) is 11.2 Å². The lowest BCUT2D eigenvalue weighted by molar-refractivity contribution is -0.383.